The topological polar surface area (TPSA) is 92.5 Å². The van der Waals surface area contributed by atoms with Crippen molar-refractivity contribution in [3.63, 3.8) is 0 Å². The molecule has 0 radical (unpaired) electrons. The summed E-state index contributed by atoms with van der Waals surface area (Å²) in [4.78, 5) is 36.5. The third-order valence-corrected chi connectivity index (χ3v) is 7.22. The number of rotatable bonds is 6. The molecule has 8 heteroatoms. The molecule has 0 aliphatic carbocycles. The van der Waals surface area contributed by atoms with Crippen molar-refractivity contribution in [1.82, 2.24) is 24.5 Å². The predicted molar refractivity (Wildman–Crippen MR) is 145 cm³/mol. The molecular formula is C29H32N6O2. The van der Waals surface area contributed by atoms with Crippen LogP contribution >= 0.6 is 0 Å². The van der Waals surface area contributed by atoms with E-state index in [-0.39, 0.29) is 17.6 Å². The number of nitrogens with zero attached hydrogens (tertiary/aromatic N) is 5. The van der Waals surface area contributed by atoms with Crippen LogP contribution in [0.3, 0.4) is 0 Å². The summed E-state index contributed by atoms with van der Waals surface area (Å²) in [7, 11) is 0. The third kappa shape index (κ3) is 4.71. The summed E-state index contributed by atoms with van der Waals surface area (Å²) in [6.07, 6.45) is 14.5. The molecule has 1 N–H and O–H groups in total. The van der Waals surface area contributed by atoms with Gasteiger partial charge in [0.1, 0.15) is 5.82 Å². The smallest absolute Gasteiger partial charge is 0.219 e. The van der Waals surface area contributed by atoms with Gasteiger partial charge in [-0.15, -0.1) is 0 Å². The van der Waals surface area contributed by atoms with Crippen molar-refractivity contribution in [3.8, 4) is 11.1 Å². The lowest BCUT2D eigenvalue weighted by molar-refractivity contribution is -0.129. The monoisotopic (exact) mass is 496 g/mol. The molecule has 0 bridgehead atoms. The zero-order valence-electron chi connectivity index (χ0n) is 21.4. The normalized spacial score (nSPS) is 16.8. The Morgan fingerprint density at radius 1 is 1.24 bits per heavy atom. The highest BCUT2D eigenvalue weighted by atomic mass is 16.2. The zero-order valence-corrected chi connectivity index (χ0v) is 21.4. The number of carbonyl (C=O) groups excluding carboxylic acids is 2. The van der Waals surface area contributed by atoms with Gasteiger partial charge in [-0.05, 0) is 37.8 Å². The number of hydrogen-bond donors (Lipinski definition) is 1. The molecule has 1 saturated heterocycles. The lowest BCUT2D eigenvalue weighted by atomic mass is 9.88. The van der Waals surface area contributed by atoms with E-state index in [4.69, 9.17) is 9.97 Å². The van der Waals surface area contributed by atoms with E-state index in [0.29, 0.717) is 43.1 Å². The first-order chi connectivity index (χ1) is 18.0. The summed E-state index contributed by atoms with van der Waals surface area (Å²) in [6, 6.07) is 4.01. The second kappa shape index (κ2) is 10.5. The van der Waals surface area contributed by atoms with E-state index in [2.05, 4.69) is 29.1 Å². The number of hydrogen-bond acceptors (Lipinski definition) is 6. The molecule has 0 saturated carbocycles. The van der Waals surface area contributed by atoms with E-state index in [1.54, 1.807) is 17.6 Å². The molecule has 5 heterocycles. The molecule has 8 nitrogen and oxygen atoms in total. The fourth-order valence-electron chi connectivity index (χ4n) is 5.18. The number of allylic oxidation sites excluding steroid dienone is 5. The summed E-state index contributed by atoms with van der Waals surface area (Å²) in [6.45, 7) is 9.46. The van der Waals surface area contributed by atoms with E-state index in [1.807, 2.05) is 42.3 Å². The van der Waals surface area contributed by atoms with Crippen LogP contribution in [0.5, 0.6) is 0 Å². The number of piperidine rings is 1. The second-order valence-electron chi connectivity index (χ2n) is 9.50. The minimum atomic E-state index is 0.0898. The molecule has 190 valence electrons. The Hall–Kier alpha value is -4.07. The Balaban J connectivity index is 1.55. The molecule has 0 spiro atoms. The van der Waals surface area contributed by atoms with Crippen LogP contribution in [0.1, 0.15) is 67.2 Å². The molecule has 2 aliphatic heterocycles. The maximum atomic E-state index is 13.1. The molecule has 5 rings (SSSR count). The Kier molecular flexibility index (Phi) is 6.99. The van der Waals surface area contributed by atoms with Gasteiger partial charge in [0.2, 0.25) is 5.91 Å². The highest BCUT2D eigenvalue weighted by molar-refractivity contribution is 6.04. The van der Waals surface area contributed by atoms with Crippen LogP contribution in [-0.2, 0) is 4.79 Å². The van der Waals surface area contributed by atoms with Gasteiger partial charge in [0.25, 0.3) is 0 Å². The predicted octanol–water partition coefficient (Wildman–Crippen LogP) is 5.05. The Morgan fingerprint density at radius 2 is 2.05 bits per heavy atom. The fourth-order valence-corrected chi connectivity index (χ4v) is 5.18. The van der Waals surface area contributed by atoms with Crippen molar-refractivity contribution < 1.29 is 9.59 Å². The fraction of sp³-hybridized carbons (Fsp3) is 0.345. The van der Waals surface area contributed by atoms with Crippen LogP contribution in [0.2, 0.25) is 0 Å². The average molecular weight is 497 g/mol. The van der Waals surface area contributed by atoms with E-state index in [9.17, 15) is 9.59 Å². The van der Waals surface area contributed by atoms with Crippen LogP contribution in [0, 0.1) is 0 Å². The SMILES string of the molecule is C=CC(=CC/C=C\C)c1ccc(-c2cnn3c4c(c(C5CCN(C(C)=O)CC5)nc23)C(=O)CCN4)cn1. The largest absolute Gasteiger partial charge is 0.369 e. The van der Waals surface area contributed by atoms with Gasteiger partial charge in [-0.3, -0.25) is 14.6 Å². The minimum absolute atomic E-state index is 0.0898. The number of amides is 1. The number of anilines is 1. The van der Waals surface area contributed by atoms with Crippen LogP contribution < -0.4 is 5.32 Å². The van der Waals surface area contributed by atoms with Crippen molar-refractivity contribution >= 4 is 28.7 Å². The quantitative estimate of drug-likeness (QED) is 0.379. The second-order valence-corrected chi connectivity index (χ2v) is 9.50. The standard InChI is InChI=1S/C29H32N6O2/c1-4-6-7-8-20(5-2)24-10-9-22(17-31-24)23-18-32-35-28(23)33-27(26-25(37)11-14-30-29(26)35)21-12-15-34(16-13-21)19(3)36/h4-6,8-10,17-18,21,30H,2,7,11-16H2,1,3H3/b6-4-,20-8?. The molecule has 1 fully saturated rings. The number of fused-ring (bicyclic) bond motifs is 3. The van der Waals surface area contributed by atoms with Gasteiger partial charge in [-0.25, -0.2) is 4.98 Å². The van der Waals surface area contributed by atoms with Crippen molar-refractivity contribution in [2.24, 2.45) is 0 Å². The van der Waals surface area contributed by atoms with Gasteiger partial charge in [-0.2, -0.15) is 9.61 Å². The van der Waals surface area contributed by atoms with Crippen LogP contribution in [0.25, 0.3) is 22.3 Å². The number of likely N-dealkylation sites (tertiary alicyclic amines) is 1. The molecule has 0 unspecified atom stereocenters. The maximum absolute atomic E-state index is 13.1. The highest BCUT2D eigenvalue weighted by Gasteiger charge is 2.32. The first-order valence-corrected chi connectivity index (χ1v) is 12.9. The Labute approximate surface area is 216 Å². The molecule has 0 atom stereocenters. The average Bonchev–Trinajstić information content (AvgIpc) is 3.35. The van der Waals surface area contributed by atoms with E-state index >= 15 is 0 Å². The molecule has 3 aromatic heterocycles. The Bertz CT molecular complexity index is 1410. The number of pyridine rings is 1. The molecule has 37 heavy (non-hydrogen) atoms. The van der Waals surface area contributed by atoms with Crippen LogP contribution in [0.15, 0.2) is 55.4 Å². The maximum Gasteiger partial charge on any atom is 0.219 e. The Morgan fingerprint density at radius 3 is 2.73 bits per heavy atom. The summed E-state index contributed by atoms with van der Waals surface area (Å²) < 4.78 is 1.75. The van der Waals surface area contributed by atoms with Gasteiger partial charge in [0, 0.05) is 56.2 Å². The molecule has 1 amide bonds. The molecule has 2 aliphatic rings. The van der Waals surface area contributed by atoms with Crippen molar-refractivity contribution in [2.75, 3.05) is 25.0 Å². The van der Waals surface area contributed by atoms with Gasteiger partial charge in [0.05, 0.1) is 23.1 Å². The number of carbonyl (C=O) groups is 2. The number of ketones is 1. The molecular weight excluding hydrogens is 464 g/mol. The van der Waals surface area contributed by atoms with Crippen LogP contribution in [0.4, 0.5) is 5.82 Å². The van der Waals surface area contributed by atoms with Gasteiger partial charge in [-0.1, -0.05) is 36.9 Å². The van der Waals surface area contributed by atoms with Crippen molar-refractivity contribution in [2.45, 2.75) is 45.4 Å². The summed E-state index contributed by atoms with van der Waals surface area (Å²) in [5.41, 5.74) is 5.77. The highest BCUT2D eigenvalue weighted by Crippen LogP contribution is 2.37. The molecule has 0 aromatic carbocycles. The van der Waals surface area contributed by atoms with Crippen molar-refractivity contribution in [3.05, 3.63) is 72.4 Å². The summed E-state index contributed by atoms with van der Waals surface area (Å²) >= 11 is 0. The lowest BCUT2D eigenvalue weighted by Gasteiger charge is -2.32. The van der Waals surface area contributed by atoms with Gasteiger partial charge >= 0.3 is 0 Å². The van der Waals surface area contributed by atoms with Gasteiger partial charge in [0.15, 0.2) is 11.4 Å². The first kappa shape index (κ1) is 24.6. The van der Waals surface area contributed by atoms with E-state index in [1.165, 1.54) is 0 Å². The number of Topliss-reactive ketones (excluding diaryl/α,β-unsaturated/α-hetero) is 1. The van der Waals surface area contributed by atoms with E-state index in [0.717, 1.165) is 47.4 Å². The first-order valence-electron chi connectivity index (χ1n) is 12.9. The summed E-state index contributed by atoms with van der Waals surface area (Å²) in [5, 5.41) is 8.01. The summed E-state index contributed by atoms with van der Waals surface area (Å²) in [5.74, 6) is 1.00. The zero-order chi connectivity index (χ0) is 25.9. The van der Waals surface area contributed by atoms with Gasteiger partial charge < -0.3 is 10.2 Å². The third-order valence-electron chi connectivity index (χ3n) is 7.22. The molecule has 3 aromatic rings. The van der Waals surface area contributed by atoms with E-state index < -0.39 is 0 Å². The lowest BCUT2D eigenvalue weighted by Crippen LogP contribution is -2.37. The number of nitrogens with one attached hydrogen (secondary N) is 1. The minimum Gasteiger partial charge on any atom is -0.369 e. The van der Waals surface area contributed by atoms with Crippen LogP contribution in [-0.4, -0.2) is 55.8 Å². The number of aromatic nitrogens is 4. The van der Waals surface area contributed by atoms with Crippen molar-refractivity contribution in [1.29, 1.82) is 0 Å².